The van der Waals surface area contributed by atoms with E-state index in [2.05, 4.69) is 23.3 Å². The number of carbonyl (C=O) groups excluding carboxylic acids is 1. The Morgan fingerprint density at radius 2 is 2.54 bits per heavy atom. The number of carbonyl (C=O) groups is 1. The molecule has 0 aromatic heterocycles. The van der Waals surface area contributed by atoms with Crippen LogP contribution in [0.15, 0.2) is 0 Å². The van der Waals surface area contributed by atoms with Crippen molar-refractivity contribution < 1.29 is 4.79 Å². The molecule has 1 rings (SSSR count). The van der Waals surface area contributed by atoms with Crippen LogP contribution in [0.25, 0.3) is 0 Å². The van der Waals surface area contributed by atoms with Gasteiger partial charge in [0.25, 0.3) is 0 Å². The second-order valence-electron chi connectivity index (χ2n) is 2.82. The predicted molar refractivity (Wildman–Crippen MR) is 63.5 cm³/mol. The first-order chi connectivity index (χ1) is 6.27. The normalized spacial score (nSPS) is 30.2. The number of hydrogen-bond donors (Lipinski definition) is 3. The molecule has 1 heterocycles. The molecule has 0 aliphatic carbocycles. The van der Waals surface area contributed by atoms with Gasteiger partial charge in [0, 0.05) is 24.1 Å². The minimum atomic E-state index is -0.0808. The largest absolute Gasteiger partial charge is 0.319 e. The SMILES string of the molecule is CNCC1CN[C@@H](CS)C(=O)SS1. The molecular weight excluding hydrogens is 224 g/mol. The maximum Gasteiger partial charge on any atom is 0.217 e. The van der Waals surface area contributed by atoms with E-state index < -0.39 is 0 Å². The lowest BCUT2D eigenvalue weighted by Crippen LogP contribution is -2.39. The molecule has 0 spiro atoms. The van der Waals surface area contributed by atoms with Crippen molar-refractivity contribution in [3.8, 4) is 0 Å². The molecule has 0 aromatic rings. The number of rotatable bonds is 3. The summed E-state index contributed by atoms with van der Waals surface area (Å²) in [4.78, 5) is 11.4. The Morgan fingerprint density at radius 3 is 3.15 bits per heavy atom. The first kappa shape index (κ1) is 11.7. The summed E-state index contributed by atoms with van der Waals surface area (Å²) in [6.45, 7) is 1.80. The Kier molecular flexibility index (Phi) is 5.57. The fourth-order valence-corrected chi connectivity index (χ4v) is 3.82. The van der Waals surface area contributed by atoms with Crippen LogP contribution in [0.5, 0.6) is 0 Å². The lowest BCUT2D eigenvalue weighted by Gasteiger charge is -2.12. The minimum absolute atomic E-state index is 0.0808. The highest BCUT2D eigenvalue weighted by atomic mass is 33.1. The zero-order valence-corrected chi connectivity index (χ0v) is 9.98. The van der Waals surface area contributed by atoms with E-state index in [4.69, 9.17) is 0 Å². The summed E-state index contributed by atoms with van der Waals surface area (Å²) in [5.74, 6) is 0.582. The summed E-state index contributed by atoms with van der Waals surface area (Å²) in [5.41, 5.74) is 0. The molecule has 2 atom stereocenters. The van der Waals surface area contributed by atoms with Crippen molar-refractivity contribution in [2.45, 2.75) is 11.3 Å². The van der Waals surface area contributed by atoms with Crippen molar-refractivity contribution in [2.75, 3.05) is 25.9 Å². The van der Waals surface area contributed by atoms with E-state index in [1.54, 1.807) is 10.8 Å². The molecule has 6 heteroatoms. The molecule has 76 valence electrons. The lowest BCUT2D eigenvalue weighted by molar-refractivity contribution is -0.112. The van der Waals surface area contributed by atoms with E-state index in [1.165, 1.54) is 10.8 Å². The fraction of sp³-hybridized carbons (Fsp3) is 0.857. The van der Waals surface area contributed by atoms with Crippen LogP contribution < -0.4 is 10.6 Å². The standard InChI is InChI=1S/C7H14N2OS3/c1-8-2-5-3-9-6(4-11)7(10)13-12-5/h5-6,8-9,11H,2-4H2,1H3/t5?,6-/m0/s1. The van der Waals surface area contributed by atoms with Crippen molar-refractivity contribution in [3.63, 3.8) is 0 Å². The summed E-state index contributed by atoms with van der Waals surface area (Å²) in [5, 5.41) is 6.97. The topological polar surface area (TPSA) is 41.1 Å². The maximum atomic E-state index is 11.4. The molecule has 1 unspecified atom stereocenters. The van der Waals surface area contributed by atoms with Gasteiger partial charge in [0.2, 0.25) is 5.12 Å². The molecule has 3 nitrogen and oxygen atoms in total. The zero-order valence-electron chi connectivity index (χ0n) is 7.45. The molecule has 1 fully saturated rings. The van der Waals surface area contributed by atoms with Crippen LogP contribution in [-0.2, 0) is 4.79 Å². The third kappa shape index (κ3) is 3.71. The summed E-state index contributed by atoms with van der Waals surface area (Å²) in [7, 11) is 4.91. The smallest absolute Gasteiger partial charge is 0.217 e. The zero-order chi connectivity index (χ0) is 9.68. The van der Waals surface area contributed by atoms with Crippen LogP contribution in [0.4, 0.5) is 0 Å². The minimum Gasteiger partial charge on any atom is -0.319 e. The van der Waals surface area contributed by atoms with Crippen LogP contribution >= 0.6 is 34.2 Å². The molecule has 0 saturated carbocycles. The molecule has 1 saturated heterocycles. The lowest BCUT2D eigenvalue weighted by atomic mass is 10.3. The van der Waals surface area contributed by atoms with Gasteiger partial charge in [0.15, 0.2) is 0 Å². The van der Waals surface area contributed by atoms with Gasteiger partial charge in [-0.15, -0.1) is 0 Å². The highest BCUT2D eigenvalue weighted by molar-refractivity contribution is 8.82. The molecule has 1 aliphatic heterocycles. The van der Waals surface area contributed by atoms with Crippen LogP contribution in [0, 0.1) is 0 Å². The van der Waals surface area contributed by atoms with Gasteiger partial charge in [-0.1, -0.05) is 10.8 Å². The Labute approximate surface area is 92.0 Å². The van der Waals surface area contributed by atoms with Gasteiger partial charge in [-0.05, 0) is 17.8 Å². The second-order valence-corrected chi connectivity index (χ2v) is 5.69. The third-order valence-corrected chi connectivity index (χ3v) is 4.87. The molecule has 0 bridgehead atoms. The van der Waals surface area contributed by atoms with E-state index in [0.29, 0.717) is 11.0 Å². The number of hydrogen-bond acceptors (Lipinski definition) is 6. The van der Waals surface area contributed by atoms with Gasteiger partial charge in [0.1, 0.15) is 0 Å². The predicted octanol–water partition coefficient (Wildman–Crippen LogP) is 0.384. The Hall–Kier alpha value is 0.640. The van der Waals surface area contributed by atoms with Gasteiger partial charge in [-0.2, -0.15) is 12.6 Å². The molecule has 0 radical (unpaired) electrons. The summed E-state index contributed by atoms with van der Waals surface area (Å²) < 4.78 is 0. The summed E-state index contributed by atoms with van der Waals surface area (Å²) >= 11 is 4.13. The molecule has 0 amide bonds. The molecule has 0 aromatic carbocycles. The van der Waals surface area contributed by atoms with Crippen LogP contribution in [0.1, 0.15) is 0 Å². The first-order valence-corrected chi connectivity index (χ1v) is 6.98. The second kappa shape index (κ2) is 6.19. The van der Waals surface area contributed by atoms with Crippen molar-refractivity contribution >= 4 is 39.3 Å². The van der Waals surface area contributed by atoms with Gasteiger partial charge in [-0.25, -0.2) is 0 Å². The first-order valence-electron chi connectivity index (χ1n) is 4.14. The van der Waals surface area contributed by atoms with E-state index in [-0.39, 0.29) is 11.2 Å². The Balaban J connectivity index is 2.41. The Bertz CT molecular complexity index is 179. The van der Waals surface area contributed by atoms with Crippen molar-refractivity contribution in [3.05, 3.63) is 0 Å². The Morgan fingerprint density at radius 1 is 1.77 bits per heavy atom. The summed E-state index contributed by atoms with van der Waals surface area (Å²) in [6, 6.07) is -0.0808. The van der Waals surface area contributed by atoms with Gasteiger partial charge in [-0.3, -0.25) is 4.79 Å². The van der Waals surface area contributed by atoms with Gasteiger partial charge >= 0.3 is 0 Å². The van der Waals surface area contributed by atoms with E-state index in [9.17, 15) is 4.79 Å². The summed E-state index contributed by atoms with van der Waals surface area (Å²) in [6.07, 6.45) is 0. The van der Waals surface area contributed by atoms with Crippen LogP contribution in [0.2, 0.25) is 0 Å². The highest BCUT2D eigenvalue weighted by Crippen LogP contribution is 2.30. The van der Waals surface area contributed by atoms with Crippen molar-refractivity contribution in [1.29, 1.82) is 0 Å². The molecule has 2 N–H and O–H groups in total. The maximum absolute atomic E-state index is 11.4. The average molecular weight is 238 g/mol. The quantitative estimate of drug-likeness (QED) is 0.490. The highest BCUT2D eigenvalue weighted by Gasteiger charge is 2.24. The fourth-order valence-electron chi connectivity index (χ4n) is 1.04. The molecule has 1 aliphatic rings. The van der Waals surface area contributed by atoms with Crippen molar-refractivity contribution in [2.24, 2.45) is 0 Å². The van der Waals surface area contributed by atoms with Crippen molar-refractivity contribution in [1.82, 2.24) is 10.6 Å². The number of nitrogens with one attached hydrogen (secondary N) is 2. The average Bonchev–Trinajstić information content (AvgIpc) is 2.30. The van der Waals surface area contributed by atoms with Crippen LogP contribution in [-0.4, -0.2) is 42.3 Å². The third-order valence-electron chi connectivity index (χ3n) is 1.76. The molecular formula is C7H14N2OS3. The monoisotopic (exact) mass is 238 g/mol. The van der Waals surface area contributed by atoms with E-state index in [1.807, 2.05) is 7.05 Å². The molecule has 13 heavy (non-hydrogen) atoms. The number of thiol groups is 1. The van der Waals surface area contributed by atoms with E-state index in [0.717, 1.165) is 13.1 Å². The van der Waals surface area contributed by atoms with Gasteiger partial charge < -0.3 is 10.6 Å². The van der Waals surface area contributed by atoms with Gasteiger partial charge in [0.05, 0.1) is 6.04 Å². The van der Waals surface area contributed by atoms with E-state index >= 15 is 0 Å². The van der Waals surface area contributed by atoms with Crippen LogP contribution in [0.3, 0.4) is 0 Å².